The average molecular weight is 452 g/mol. The Morgan fingerprint density at radius 2 is 1.92 bits per heavy atom. The third kappa shape index (κ3) is 2.40. The molecule has 0 spiro atoms. The molecule has 0 N–H and O–H groups in total. The number of fused-ring (bicyclic) bond motifs is 5. The molecular formula is C22H29IO2. The van der Waals surface area contributed by atoms with Crippen LogP contribution in [0.15, 0.2) is 23.3 Å². The van der Waals surface area contributed by atoms with E-state index in [-0.39, 0.29) is 22.5 Å². The molecule has 3 fully saturated rings. The maximum atomic E-state index is 12.6. The van der Waals surface area contributed by atoms with Crippen molar-refractivity contribution in [3.63, 3.8) is 0 Å². The van der Waals surface area contributed by atoms with Gasteiger partial charge in [-0.2, -0.15) is 0 Å². The molecule has 136 valence electrons. The van der Waals surface area contributed by atoms with Crippen molar-refractivity contribution in [1.82, 2.24) is 0 Å². The second kappa shape index (κ2) is 6.03. The van der Waals surface area contributed by atoms with E-state index < -0.39 is 0 Å². The van der Waals surface area contributed by atoms with Crippen LogP contribution < -0.4 is 0 Å². The van der Waals surface area contributed by atoms with Crippen LogP contribution in [0, 0.1) is 34.5 Å². The molecule has 0 aromatic carbocycles. The van der Waals surface area contributed by atoms with Crippen LogP contribution in [0.25, 0.3) is 0 Å². The van der Waals surface area contributed by atoms with Crippen molar-refractivity contribution in [1.29, 1.82) is 0 Å². The Balaban J connectivity index is 1.69. The Labute approximate surface area is 165 Å². The first-order valence-electron chi connectivity index (χ1n) is 9.85. The van der Waals surface area contributed by atoms with Crippen molar-refractivity contribution in [2.24, 2.45) is 34.5 Å². The molecule has 0 amide bonds. The van der Waals surface area contributed by atoms with E-state index in [1.807, 2.05) is 12.2 Å². The summed E-state index contributed by atoms with van der Waals surface area (Å²) in [6.07, 6.45) is 10.8. The van der Waals surface area contributed by atoms with Gasteiger partial charge in [0.1, 0.15) is 5.78 Å². The topological polar surface area (TPSA) is 34.1 Å². The van der Waals surface area contributed by atoms with Gasteiger partial charge >= 0.3 is 0 Å². The van der Waals surface area contributed by atoms with Crippen molar-refractivity contribution >= 4 is 34.2 Å². The highest BCUT2D eigenvalue weighted by molar-refractivity contribution is 14.1. The summed E-state index contributed by atoms with van der Waals surface area (Å²) < 4.78 is 0.660. The SMILES string of the molecule is CC1=CC(=O)C=C2CC[C@@H]3[C@H](CC[C@]4(C)[C@@H](C(=O)CI)CC[C@@H]34)[C@@]12C. The van der Waals surface area contributed by atoms with Gasteiger partial charge in [0, 0.05) is 11.3 Å². The third-order valence-corrected chi connectivity index (χ3v) is 9.36. The maximum Gasteiger partial charge on any atom is 0.178 e. The lowest BCUT2D eigenvalue weighted by atomic mass is 9.46. The lowest BCUT2D eigenvalue weighted by Gasteiger charge is -2.58. The van der Waals surface area contributed by atoms with Gasteiger partial charge in [-0.05, 0) is 80.8 Å². The van der Waals surface area contributed by atoms with Crippen LogP contribution in [0.3, 0.4) is 0 Å². The summed E-state index contributed by atoms with van der Waals surface area (Å²) >= 11 is 2.25. The highest BCUT2D eigenvalue weighted by atomic mass is 127. The molecule has 3 saturated carbocycles. The maximum absolute atomic E-state index is 12.6. The lowest BCUT2D eigenvalue weighted by Crippen LogP contribution is -2.51. The predicted octanol–water partition coefficient (Wildman–Crippen LogP) is 5.30. The van der Waals surface area contributed by atoms with E-state index in [2.05, 4.69) is 43.4 Å². The molecule has 2 nitrogen and oxygen atoms in total. The molecule has 0 bridgehead atoms. The number of alkyl halides is 1. The predicted molar refractivity (Wildman–Crippen MR) is 109 cm³/mol. The fourth-order valence-corrected chi connectivity index (χ4v) is 7.72. The Hall–Kier alpha value is -0.450. The Morgan fingerprint density at radius 1 is 1.16 bits per heavy atom. The van der Waals surface area contributed by atoms with E-state index >= 15 is 0 Å². The molecule has 0 aromatic heterocycles. The number of hydrogen-bond donors (Lipinski definition) is 0. The van der Waals surface area contributed by atoms with E-state index in [1.165, 1.54) is 36.8 Å². The minimum absolute atomic E-state index is 0.0729. The number of allylic oxidation sites excluding steroid dienone is 4. The molecule has 4 rings (SSSR count). The quantitative estimate of drug-likeness (QED) is 0.421. The molecular weight excluding hydrogens is 423 g/mol. The molecule has 4 aliphatic carbocycles. The first-order chi connectivity index (χ1) is 11.8. The van der Waals surface area contributed by atoms with Gasteiger partial charge in [0.15, 0.2) is 5.78 Å². The highest BCUT2D eigenvalue weighted by Crippen LogP contribution is 2.67. The Morgan fingerprint density at radius 3 is 2.64 bits per heavy atom. The number of ketones is 2. The Bertz CT molecular complexity index is 690. The van der Waals surface area contributed by atoms with Crippen LogP contribution in [0.1, 0.15) is 59.3 Å². The summed E-state index contributed by atoms with van der Waals surface area (Å²) in [5.74, 6) is 2.98. The third-order valence-electron chi connectivity index (χ3n) is 8.61. The van der Waals surface area contributed by atoms with Crippen molar-refractivity contribution in [3.8, 4) is 0 Å². The van der Waals surface area contributed by atoms with Crippen LogP contribution in [-0.4, -0.2) is 16.0 Å². The van der Waals surface area contributed by atoms with E-state index in [1.54, 1.807) is 0 Å². The van der Waals surface area contributed by atoms with Gasteiger partial charge in [0.05, 0.1) is 4.43 Å². The second-order valence-corrected chi connectivity index (χ2v) is 10.1. The molecule has 0 unspecified atom stereocenters. The zero-order chi connectivity index (χ0) is 18.0. The summed E-state index contributed by atoms with van der Waals surface area (Å²) in [7, 11) is 0. The van der Waals surface area contributed by atoms with E-state index in [4.69, 9.17) is 0 Å². The van der Waals surface area contributed by atoms with Crippen LogP contribution in [0.2, 0.25) is 0 Å². The van der Waals surface area contributed by atoms with Gasteiger partial charge < -0.3 is 0 Å². The minimum atomic E-state index is 0.0729. The average Bonchev–Trinajstić information content (AvgIpc) is 2.93. The van der Waals surface area contributed by atoms with Crippen molar-refractivity contribution in [2.45, 2.75) is 59.3 Å². The summed E-state index contributed by atoms with van der Waals surface area (Å²) in [5.41, 5.74) is 2.93. The molecule has 0 heterocycles. The van der Waals surface area contributed by atoms with Crippen molar-refractivity contribution in [3.05, 3.63) is 23.3 Å². The van der Waals surface area contributed by atoms with E-state index in [0.29, 0.717) is 28.0 Å². The largest absolute Gasteiger partial charge is 0.299 e. The molecule has 4 aliphatic rings. The van der Waals surface area contributed by atoms with Crippen LogP contribution in [-0.2, 0) is 9.59 Å². The fraction of sp³-hybridized carbons (Fsp3) is 0.727. The van der Waals surface area contributed by atoms with Gasteiger partial charge in [0.25, 0.3) is 0 Å². The summed E-state index contributed by atoms with van der Waals surface area (Å²) in [4.78, 5) is 24.6. The molecule has 0 aromatic rings. The van der Waals surface area contributed by atoms with Gasteiger partial charge in [-0.15, -0.1) is 0 Å². The standard InChI is InChI=1S/C22H29IO2/c1-13-10-15(24)11-14-4-5-16-17-6-7-19(20(25)12-23)21(17,2)9-8-18(16)22(13,14)3/h10-11,16-19H,4-9,12H2,1-3H3/t16-,17-,18-,19+,21-,22-/m0/s1. The lowest BCUT2D eigenvalue weighted by molar-refractivity contribution is -0.126. The second-order valence-electron chi connectivity index (χ2n) is 9.29. The van der Waals surface area contributed by atoms with Gasteiger partial charge in [-0.25, -0.2) is 0 Å². The number of rotatable bonds is 2. The highest BCUT2D eigenvalue weighted by Gasteiger charge is 2.60. The summed E-state index contributed by atoms with van der Waals surface area (Å²) in [5, 5.41) is 0. The number of carbonyl (C=O) groups is 2. The molecule has 0 aliphatic heterocycles. The minimum Gasteiger partial charge on any atom is -0.299 e. The smallest absolute Gasteiger partial charge is 0.178 e. The summed E-state index contributed by atoms with van der Waals surface area (Å²) in [6.45, 7) is 6.97. The fourth-order valence-electron chi connectivity index (χ4n) is 7.19. The monoisotopic (exact) mass is 452 g/mol. The van der Waals surface area contributed by atoms with E-state index in [9.17, 15) is 9.59 Å². The molecule has 6 atom stereocenters. The van der Waals surface area contributed by atoms with Gasteiger partial charge in [-0.1, -0.05) is 47.6 Å². The number of carbonyl (C=O) groups excluding carboxylic acids is 2. The van der Waals surface area contributed by atoms with Gasteiger partial charge in [-0.3, -0.25) is 9.59 Å². The zero-order valence-corrected chi connectivity index (χ0v) is 17.8. The summed E-state index contributed by atoms with van der Waals surface area (Å²) in [6, 6.07) is 0. The van der Waals surface area contributed by atoms with Crippen molar-refractivity contribution in [2.75, 3.05) is 4.43 Å². The first-order valence-corrected chi connectivity index (χ1v) is 11.4. The van der Waals surface area contributed by atoms with Crippen LogP contribution in [0.4, 0.5) is 0 Å². The van der Waals surface area contributed by atoms with Crippen LogP contribution in [0.5, 0.6) is 0 Å². The molecule has 0 saturated heterocycles. The van der Waals surface area contributed by atoms with Crippen LogP contribution >= 0.6 is 22.6 Å². The number of Topliss-reactive ketones (excluding diaryl/α,β-unsaturated/α-hetero) is 1. The van der Waals surface area contributed by atoms with Crippen molar-refractivity contribution < 1.29 is 9.59 Å². The van der Waals surface area contributed by atoms with E-state index in [0.717, 1.165) is 12.8 Å². The zero-order valence-electron chi connectivity index (χ0n) is 15.6. The first kappa shape index (κ1) is 17.9. The molecule has 0 radical (unpaired) electrons. The van der Waals surface area contributed by atoms with Gasteiger partial charge in [0.2, 0.25) is 0 Å². The molecule has 25 heavy (non-hydrogen) atoms. The Kier molecular flexibility index (Phi) is 4.33. The normalized spacial score (nSPS) is 45.8. The number of halogens is 1. The number of hydrogen-bond acceptors (Lipinski definition) is 2. The molecule has 3 heteroatoms.